The molecule has 3 rings (SSSR count). The second-order valence-electron chi connectivity index (χ2n) is 7.97. The topological polar surface area (TPSA) is 142 Å². The van der Waals surface area contributed by atoms with E-state index in [0.717, 1.165) is 10.5 Å². The summed E-state index contributed by atoms with van der Waals surface area (Å²) in [6.45, 7) is 1.94. The summed E-state index contributed by atoms with van der Waals surface area (Å²) in [5.74, 6) is -0.707. The summed E-state index contributed by atoms with van der Waals surface area (Å²) in [7, 11) is 0. The van der Waals surface area contributed by atoms with Gasteiger partial charge in [0.15, 0.2) is 0 Å². The van der Waals surface area contributed by atoms with Crippen LogP contribution in [0.1, 0.15) is 17.5 Å². The normalized spacial score (nSPS) is 21.1. The number of rotatable bonds is 8. The van der Waals surface area contributed by atoms with Gasteiger partial charge in [-0.25, -0.2) is 0 Å². The van der Waals surface area contributed by atoms with Crippen molar-refractivity contribution in [1.82, 2.24) is 5.32 Å². The fraction of sp³-hybridized carbons (Fsp3) is 0.333. The van der Waals surface area contributed by atoms with Crippen molar-refractivity contribution >= 4 is 23.6 Å². The van der Waals surface area contributed by atoms with Gasteiger partial charge in [-0.2, -0.15) is 0 Å². The Morgan fingerprint density at radius 3 is 2.52 bits per heavy atom. The number of primary amides is 1. The number of ether oxygens (including phenoxy) is 1. The predicted octanol–water partition coefficient (Wildman–Crippen LogP) is 1.43. The maximum atomic E-state index is 12.9. The van der Waals surface area contributed by atoms with Crippen LogP contribution in [0.15, 0.2) is 59.0 Å². The average Bonchev–Trinajstić information content (AvgIpc) is 2.77. The van der Waals surface area contributed by atoms with Crippen LogP contribution < -0.4 is 15.8 Å². The van der Waals surface area contributed by atoms with Crippen LogP contribution >= 0.6 is 11.8 Å². The van der Waals surface area contributed by atoms with E-state index in [4.69, 9.17) is 10.5 Å². The number of carbonyl (C=O) groups excluding carboxylic acids is 2. The summed E-state index contributed by atoms with van der Waals surface area (Å²) in [4.78, 5) is 25.9. The van der Waals surface area contributed by atoms with Crippen molar-refractivity contribution in [3.63, 3.8) is 0 Å². The highest BCUT2D eigenvalue weighted by Crippen LogP contribution is 2.28. The summed E-state index contributed by atoms with van der Waals surface area (Å²) in [5.41, 5.74) is 7.37. The average molecular weight is 473 g/mol. The van der Waals surface area contributed by atoms with Crippen molar-refractivity contribution in [2.24, 2.45) is 5.73 Å². The highest BCUT2D eigenvalue weighted by molar-refractivity contribution is 7.98. The lowest BCUT2D eigenvalue weighted by molar-refractivity contribution is -0.126. The summed E-state index contributed by atoms with van der Waals surface area (Å²) in [5, 5.41) is 32.7. The van der Waals surface area contributed by atoms with Gasteiger partial charge < -0.3 is 31.1 Å². The summed E-state index contributed by atoms with van der Waals surface area (Å²) in [6, 6.07) is 10.7. The van der Waals surface area contributed by atoms with Gasteiger partial charge in [-0.15, -0.1) is 11.8 Å². The minimum atomic E-state index is -1.22. The Morgan fingerprint density at radius 1 is 1.21 bits per heavy atom. The van der Waals surface area contributed by atoms with E-state index in [1.807, 2.05) is 25.3 Å². The highest BCUT2D eigenvalue weighted by Gasteiger charge is 2.35. The number of thioether (sulfide) groups is 1. The monoisotopic (exact) mass is 472 g/mol. The number of nitrogens with one attached hydrogen (secondary N) is 1. The number of hydrogen-bond donors (Lipinski definition) is 5. The van der Waals surface area contributed by atoms with Crippen LogP contribution in [0, 0.1) is 6.92 Å². The molecule has 0 aromatic heterocycles. The van der Waals surface area contributed by atoms with Crippen LogP contribution in [0.2, 0.25) is 0 Å². The van der Waals surface area contributed by atoms with Crippen molar-refractivity contribution < 1.29 is 29.6 Å². The standard InChI is InChI=1S/C24H28N2O6S/c1-13-9-17(7-8-21(13)33-2)32-20-12-15(11-19(28)22(20)29)24(31)26-18(23(25)30)10-14-3-5-16(27)6-4-14/h3-9,12,18-20,22,27-29H,10-11H2,1-2H3,(H2,25,30)(H,26,31). The minimum absolute atomic E-state index is 0.0858. The lowest BCUT2D eigenvalue weighted by atomic mass is 9.91. The first-order valence-electron chi connectivity index (χ1n) is 10.4. The highest BCUT2D eigenvalue weighted by atomic mass is 32.2. The molecule has 6 N–H and O–H groups in total. The van der Waals surface area contributed by atoms with E-state index in [2.05, 4.69) is 5.32 Å². The smallest absolute Gasteiger partial charge is 0.247 e. The molecule has 2 aromatic carbocycles. The third-order valence-electron chi connectivity index (χ3n) is 5.48. The summed E-state index contributed by atoms with van der Waals surface area (Å²) >= 11 is 1.60. The number of benzene rings is 2. The number of nitrogens with two attached hydrogens (primary N) is 1. The second kappa shape index (κ2) is 10.7. The fourth-order valence-corrected chi connectivity index (χ4v) is 4.21. The Hall–Kier alpha value is -3.01. The molecule has 0 heterocycles. The first-order valence-corrected chi connectivity index (χ1v) is 11.7. The van der Waals surface area contributed by atoms with Gasteiger partial charge in [0, 0.05) is 23.3 Å². The summed E-state index contributed by atoms with van der Waals surface area (Å²) < 4.78 is 5.87. The Balaban J connectivity index is 1.75. The van der Waals surface area contributed by atoms with Crippen LogP contribution in [0.25, 0.3) is 0 Å². The van der Waals surface area contributed by atoms with E-state index in [0.29, 0.717) is 11.3 Å². The number of phenols is 1. The Labute approximate surface area is 196 Å². The van der Waals surface area contributed by atoms with E-state index in [9.17, 15) is 24.9 Å². The van der Waals surface area contributed by atoms with Gasteiger partial charge in [0.2, 0.25) is 11.8 Å². The number of aliphatic hydroxyl groups is 2. The molecule has 0 spiro atoms. The molecule has 1 aliphatic rings. The zero-order valence-electron chi connectivity index (χ0n) is 18.4. The van der Waals surface area contributed by atoms with E-state index < -0.39 is 36.2 Å². The molecule has 2 aromatic rings. The zero-order valence-corrected chi connectivity index (χ0v) is 19.2. The third kappa shape index (κ3) is 6.28. The quantitative estimate of drug-likeness (QED) is 0.366. The van der Waals surface area contributed by atoms with Gasteiger partial charge in [-0.3, -0.25) is 9.59 Å². The molecule has 0 fully saturated rings. The molecule has 4 unspecified atom stereocenters. The van der Waals surface area contributed by atoms with Crippen molar-refractivity contribution in [2.75, 3.05) is 6.26 Å². The molecule has 0 bridgehead atoms. The molecular weight excluding hydrogens is 444 g/mol. The maximum absolute atomic E-state index is 12.9. The first-order chi connectivity index (χ1) is 15.7. The molecule has 176 valence electrons. The first kappa shape index (κ1) is 24.6. The Kier molecular flexibility index (Phi) is 8.01. The van der Waals surface area contributed by atoms with Gasteiger partial charge in [0.1, 0.15) is 29.7 Å². The van der Waals surface area contributed by atoms with Gasteiger partial charge in [0.05, 0.1) is 6.10 Å². The molecule has 0 saturated heterocycles. The molecule has 0 aliphatic heterocycles. The largest absolute Gasteiger partial charge is 0.508 e. The molecule has 33 heavy (non-hydrogen) atoms. The van der Waals surface area contributed by atoms with Crippen molar-refractivity contribution in [3.8, 4) is 11.5 Å². The number of aryl methyl sites for hydroxylation is 1. The number of hydrogen-bond acceptors (Lipinski definition) is 7. The van der Waals surface area contributed by atoms with Gasteiger partial charge in [-0.05, 0) is 60.7 Å². The zero-order chi connectivity index (χ0) is 24.1. The number of carbonyl (C=O) groups is 2. The van der Waals surface area contributed by atoms with Gasteiger partial charge in [-0.1, -0.05) is 12.1 Å². The van der Waals surface area contributed by atoms with E-state index in [-0.39, 0.29) is 24.2 Å². The van der Waals surface area contributed by atoms with E-state index in [1.165, 1.54) is 18.2 Å². The molecule has 0 radical (unpaired) electrons. The molecule has 2 amide bonds. The number of phenolic OH excluding ortho intramolecular Hbond substituents is 1. The molecule has 8 nitrogen and oxygen atoms in total. The van der Waals surface area contributed by atoms with Crippen LogP contribution in [-0.2, 0) is 16.0 Å². The van der Waals surface area contributed by atoms with Crippen molar-refractivity contribution in [1.29, 1.82) is 0 Å². The van der Waals surface area contributed by atoms with Gasteiger partial charge >= 0.3 is 0 Å². The fourth-order valence-electron chi connectivity index (χ4n) is 3.62. The summed E-state index contributed by atoms with van der Waals surface area (Å²) in [6.07, 6.45) is 0.102. The van der Waals surface area contributed by atoms with Crippen LogP contribution in [0.5, 0.6) is 11.5 Å². The van der Waals surface area contributed by atoms with E-state index >= 15 is 0 Å². The van der Waals surface area contributed by atoms with Gasteiger partial charge in [0.25, 0.3) is 0 Å². The molecule has 1 aliphatic carbocycles. The minimum Gasteiger partial charge on any atom is -0.508 e. The maximum Gasteiger partial charge on any atom is 0.247 e. The molecular formula is C24H28N2O6S. The Morgan fingerprint density at radius 2 is 1.91 bits per heavy atom. The van der Waals surface area contributed by atoms with Crippen LogP contribution in [-0.4, -0.2) is 57.7 Å². The van der Waals surface area contributed by atoms with Crippen LogP contribution in [0.4, 0.5) is 0 Å². The third-order valence-corrected chi connectivity index (χ3v) is 6.38. The number of amides is 2. The lowest BCUT2D eigenvalue weighted by Gasteiger charge is -2.31. The van der Waals surface area contributed by atoms with E-state index in [1.54, 1.807) is 30.0 Å². The lowest BCUT2D eigenvalue weighted by Crippen LogP contribution is -2.49. The second-order valence-corrected chi connectivity index (χ2v) is 8.81. The van der Waals surface area contributed by atoms with Crippen molar-refractivity contribution in [3.05, 3.63) is 65.2 Å². The number of aliphatic hydroxyl groups excluding tert-OH is 2. The number of aromatic hydroxyl groups is 1. The van der Waals surface area contributed by atoms with Crippen molar-refractivity contribution in [2.45, 2.75) is 49.0 Å². The molecule has 9 heteroatoms. The SMILES string of the molecule is CSc1ccc(OC2C=C(C(=O)NC(Cc3ccc(O)cc3)C(N)=O)CC(O)C2O)cc1C. The van der Waals surface area contributed by atoms with Crippen LogP contribution in [0.3, 0.4) is 0 Å². The predicted molar refractivity (Wildman–Crippen MR) is 125 cm³/mol. The Bertz CT molecular complexity index is 1040. The molecule has 4 atom stereocenters. The molecule has 0 saturated carbocycles.